The quantitative estimate of drug-likeness (QED) is 0.540. The number of carbonyl (C=O) groups excluding carboxylic acids is 2. The first kappa shape index (κ1) is 12.6. The number of rotatable bonds is 4. The highest BCUT2D eigenvalue weighted by atomic mass is 32.2. The Balaban J connectivity index is 3.33. The smallest absolute Gasteiger partial charge is 0.368 e. The van der Waals surface area contributed by atoms with Crippen LogP contribution in [0.3, 0.4) is 0 Å². The standard InChI is InChI=1S/C7H12O4S2/c1-3-10-6(8)12-5-13-7(9)11-4-2/h3-5H2,1-2H3. The van der Waals surface area contributed by atoms with Gasteiger partial charge in [0.05, 0.1) is 18.3 Å². The molecule has 0 aliphatic heterocycles. The van der Waals surface area contributed by atoms with Crippen LogP contribution in [0.25, 0.3) is 0 Å². The summed E-state index contributed by atoms with van der Waals surface area (Å²) in [7, 11) is 0. The maximum absolute atomic E-state index is 10.8. The van der Waals surface area contributed by atoms with Gasteiger partial charge in [-0.3, -0.25) is 0 Å². The average molecular weight is 224 g/mol. The van der Waals surface area contributed by atoms with Crippen LogP contribution in [0.1, 0.15) is 13.8 Å². The van der Waals surface area contributed by atoms with Gasteiger partial charge >= 0.3 is 10.6 Å². The Morgan fingerprint density at radius 1 is 1.00 bits per heavy atom. The molecule has 0 aromatic heterocycles. The number of carbonyl (C=O) groups is 2. The van der Waals surface area contributed by atoms with Gasteiger partial charge in [-0.05, 0) is 37.4 Å². The second-order valence-electron chi connectivity index (χ2n) is 1.77. The summed E-state index contributed by atoms with van der Waals surface area (Å²) in [6.45, 7) is 4.18. The van der Waals surface area contributed by atoms with E-state index in [2.05, 4.69) is 9.47 Å². The Labute approximate surface area is 85.7 Å². The second kappa shape index (κ2) is 8.25. The van der Waals surface area contributed by atoms with Crippen molar-refractivity contribution >= 4 is 34.1 Å². The van der Waals surface area contributed by atoms with Crippen LogP contribution in [0, 0.1) is 0 Å². The van der Waals surface area contributed by atoms with Gasteiger partial charge in [0.1, 0.15) is 0 Å². The summed E-state index contributed by atoms with van der Waals surface area (Å²) in [6, 6.07) is 0. The molecule has 6 heteroatoms. The Morgan fingerprint density at radius 3 is 1.69 bits per heavy atom. The van der Waals surface area contributed by atoms with Crippen molar-refractivity contribution in [2.45, 2.75) is 13.8 Å². The fourth-order valence-electron chi connectivity index (χ4n) is 0.445. The molecule has 0 aromatic rings. The first-order valence-electron chi connectivity index (χ1n) is 3.79. The van der Waals surface area contributed by atoms with Crippen LogP contribution in [0.2, 0.25) is 0 Å². The van der Waals surface area contributed by atoms with Gasteiger partial charge in [0.2, 0.25) is 0 Å². The van der Waals surface area contributed by atoms with E-state index in [0.717, 1.165) is 23.5 Å². The molecular weight excluding hydrogens is 212 g/mol. The van der Waals surface area contributed by atoms with Gasteiger partial charge in [0, 0.05) is 0 Å². The van der Waals surface area contributed by atoms with Crippen molar-refractivity contribution < 1.29 is 19.1 Å². The summed E-state index contributed by atoms with van der Waals surface area (Å²) in [5.74, 6) is 0. The number of hydrogen-bond donors (Lipinski definition) is 0. The molecule has 0 saturated heterocycles. The van der Waals surface area contributed by atoms with Crippen molar-refractivity contribution in [2.24, 2.45) is 0 Å². The van der Waals surface area contributed by atoms with Crippen LogP contribution in [-0.2, 0) is 9.47 Å². The minimum Gasteiger partial charge on any atom is -0.458 e. The SMILES string of the molecule is CCOC(=O)SCSC(=O)OCC. The zero-order valence-electron chi connectivity index (χ0n) is 7.57. The van der Waals surface area contributed by atoms with Gasteiger partial charge in [0.15, 0.2) is 0 Å². The van der Waals surface area contributed by atoms with Gasteiger partial charge in [-0.15, -0.1) is 0 Å². The normalized spacial score (nSPS) is 9.38. The molecule has 0 spiro atoms. The molecule has 0 amide bonds. The fourth-order valence-corrected chi connectivity index (χ4v) is 1.85. The summed E-state index contributed by atoms with van der Waals surface area (Å²) < 4.78 is 9.28. The van der Waals surface area contributed by atoms with Crippen molar-refractivity contribution in [3.8, 4) is 0 Å². The maximum atomic E-state index is 10.8. The van der Waals surface area contributed by atoms with E-state index in [9.17, 15) is 9.59 Å². The molecule has 0 fully saturated rings. The van der Waals surface area contributed by atoms with Crippen LogP contribution in [0.4, 0.5) is 9.59 Å². The van der Waals surface area contributed by atoms with Crippen molar-refractivity contribution in [1.29, 1.82) is 0 Å². The predicted octanol–water partition coefficient (Wildman–Crippen LogP) is 2.72. The van der Waals surface area contributed by atoms with E-state index >= 15 is 0 Å². The lowest BCUT2D eigenvalue weighted by Crippen LogP contribution is -1.99. The molecule has 0 atom stereocenters. The third-order valence-electron chi connectivity index (χ3n) is 0.878. The van der Waals surface area contributed by atoms with Crippen LogP contribution in [0.15, 0.2) is 0 Å². The Hall–Kier alpha value is -0.360. The van der Waals surface area contributed by atoms with Crippen molar-refractivity contribution in [3.63, 3.8) is 0 Å². The van der Waals surface area contributed by atoms with Crippen LogP contribution < -0.4 is 0 Å². The largest absolute Gasteiger partial charge is 0.458 e. The molecule has 0 aromatic carbocycles. The molecule has 4 nitrogen and oxygen atoms in total. The number of thioether (sulfide) groups is 2. The van der Waals surface area contributed by atoms with Crippen molar-refractivity contribution in [3.05, 3.63) is 0 Å². The lowest BCUT2D eigenvalue weighted by atomic mass is 10.9. The lowest BCUT2D eigenvalue weighted by molar-refractivity contribution is 0.181. The third-order valence-corrected chi connectivity index (χ3v) is 2.53. The Morgan fingerprint density at radius 2 is 1.38 bits per heavy atom. The van der Waals surface area contributed by atoms with Gasteiger partial charge in [-0.25, -0.2) is 9.59 Å². The van der Waals surface area contributed by atoms with Crippen molar-refractivity contribution in [2.75, 3.05) is 18.3 Å². The molecule has 13 heavy (non-hydrogen) atoms. The maximum Gasteiger partial charge on any atom is 0.368 e. The predicted molar refractivity (Wildman–Crippen MR) is 54.1 cm³/mol. The zero-order chi connectivity index (χ0) is 10.1. The minimum atomic E-state index is -0.362. The number of hydrogen-bond acceptors (Lipinski definition) is 6. The fraction of sp³-hybridized carbons (Fsp3) is 0.714. The Kier molecular flexibility index (Phi) is 8.02. The summed E-state index contributed by atoms with van der Waals surface area (Å²) in [4.78, 5) is 21.5. The first-order chi connectivity index (χ1) is 6.20. The lowest BCUT2D eigenvalue weighted by Gasteiger charge is -2.00. The summed E-state index contributed by atoms with van der Waals surface area (Å²) in [5.41, 5.74) is 0. The molecule has 0 heterocycles. The van der Waals surface area contributed by atoms with E-state index in [4.69, 9.17) is 0 Å². The third kappa shape index (κ3) is 7.98. The molecule has 0 N–H and O–H groups in total. The van der Waals surface area contributed by atoms with E-state index < -0.39 is 0 Å². The molecule has 0 unspecified atom stereocenters. The average Bonchev–Trinajstić information content (AvgIpc) is 2.05. The second-order valence-corrected chi connectivity index (χ2v) is 3.96. The highest BCUT2D eigenvalue weighted by Gasteiger charge is 2.06. The van der Waals surface area contributed by atoms with E-state index in [1.54, 1.807) is 13.8 Å². The molecule has 76 valence electrons. The highest BCUT2D eigenvalue weighted by molar-refractivity contribution is 8.28. The van der Waals surface area contributed by atoms with Gasteiger partial charge < -0.3 is 9.47 Å². The van der Waals surface area contributed by atoms with Crippen molar-refractivity contribution in [1.82, 2.24) is 0 Å². The summed E-state index contributed by atoms with van der Waals surface area (Å²) in [6.07, 6.45) is 0. The summed E-state index contributed by atoms with van der Waals surface area (Å²) in [5, 5.41) is -0.393. The number of ether oxygens (including phenoxy) is 2. The van der Waals surface area contributed by atoms with Crippen LogP contribution >= 0.6 is 23.5 Å². The Bertz CT molecular complexity index is 154. The van der Waals surface area contributed by atoms with E-state index in [-0.39, 0.29) is 10.6 Å². The van der Waals surface area contributed by atoms with Crippen LogP contribution in [-0.4, -0.2) is 28.9 Å². The van der Waals surface area contributed by atoms with E-state index in [1.807, 2.05) is 0 Å². The molecule has 0 aliphatic carbocycles. The first-order valence-corrected chi connectivity index (χ1v) is 5.76. The van der Waals surface area contributed by atoms with Crippen LogP contribution in [0.5, 0.6) is 0 Å². The van der Waals surface area contributed by atoms with E-state index in [1.165, 1.54) is 0 Å². The minimum absolute atomic E-state index is 0.331. The molecule has 0 aliphatic rings. The van der Waals surface area contributed by atoms with E-state index in [0.29, 0.717) is 18.3 Å². The van der Waals surface area contributed by atoms with Gasteiger partial charge in [-0.2, -0.15) is 0 Å². The molecule has 0 radical (unpaired) electrons. The topological polar surface area (TPSA) is 52.6 Å². The molecule has 0 bridgehead atoms. The van der Waals surface area contributed by atoms with Gasteiger partial charge in [-0.1, -0.05) is 0 Å². The molecule has 0 saturated carbocycles. The van der Waals surface area contributed by atoms with Gasteiger partial charge in [0.25, 0.3) is 0 Å². The zero-order valence-corrected chi connectivity index (χ0v) is 9.20. The highest BCUT2D eigenvalue weighted by Crippen LogP contribution is 2.16. The molecule has 0 rings (SSSR count). The monoisotopic (exact) mass is 224 g/mol. The summed E-state index contributed by atoms with van der Waals surface area (Å²) >= 11 is 1.91. The molecular formula is C7H12O4S2.